The summed E-state index contributed by atoms with van der Waals surface area (Å²) in [6.07, 6.45) is 1.83. The van der Waals surface area contributed by atoms with Crippen molar-refractivity contribution >= 4 is 20.9 Å². The monoisotopic (exact) mass is 367 g/mol. The summed E-state index contributed by atoms with van der Waals surface area (Å²) < 4.78 is 27.8. The van der Waals surface area contributed by atoms with Crippen LogP contribution < -0.4 is 0 Å². The van der Waals surface area contributed by atoms with E-state index in [1.807, 2.05) is 36.5 Å². The fourth-order valence-electron chi connectivity index (χ4n) is 4.12. The Morgan fingerprint density at radius 3 is 2.46 bits per heavy atom. The molecular weight excluding hydrogens is 346 g/mol. The van der Waals surface area contributed by atoms with E-state index in [9.17, 15) is 8.42 Å². The van der Waals surface area contributed by atoms with Gasteiger partial charge in [-0.15, -0.1) is 0 Å². The Kier molecular flexibility index (Phi) is 3.50. The second kappa shape index (κ2) is 5.67. The zero-order chi connectivity index (χ0) is 17.9. The van der Waals surface area contributed by atoms with Crippen molar-refractivity contribution in [2.75, 3.05) is 33.2 Å². The van der Waals surface area contributed by atoms with E-state index in [1.54, 1.807) is 12.1 Å². The van der Waals surface area contributed by atoms with Gasteiger partial charge >= 0.3 is 0 Å². The minimum absolute atomic E-state index is 0.391. The fourth-order valence-corrected chi connectivity index (χ4v) is 5.74. The average molecular weight is 367 g/mol. The number of nitrogens with zero attached hydrogens (tertiary/aromatic N) is 3. The molecule has 0 saturated carbocycles. The first kappa shape index (κ1) is 16.1. The molecule has 0 atom stereocenters. The van der Waals surface area contributed by atoms with E-state index in [1.165, 1.54) is 3.97 Å². The molecule has 3 aromatic rings. The van der Waals surface area contributed by atoms with Gasteiger partial charge < -0.3 is 4.90 Å². The molecule has 2 aliphatic heterocycles. The number of rotatable bonds is 2. The van der Waals surface area contributed by atoms with Gasteiger partial charge in [0.1, 0.15) is 0 Å². The molecule has 0 aliphatic carbocycles. The van der Waals surface area contributed by atoms with Crippen LogP contribution in [0.25, 0.3) is 22.0 Å². The number of likely N-dealkylation sites (N-methyl/N-ethyl adjacent to an activating group) is 1. The lowest BCUT2D eigenvalue weighted by Gasteiger charge is -2.32. The molecule has 5 nitrogen and oxygen atoms in total. The van der Waals surface area contributed by atoms with Crippen molar-refractivity contribution in [1.82, 2.24) is 13.8 Å². The summed E-state index contributed by atoms with van der Waals surface area (Å²) in [7, 11) is -1.41. The third kappa shape index (κ3) is 2.26. The van der Waals surface area contributed by atoms with E-state index in [0.29, 0.717) is 4.90 Å². The molecule has 2 aliphatic rings. The normalized spacial score (nSPS) is 19.6. The highest BCUT2D eigenvalue weighted by Gasteiger charge is 2.31. The minimum Gasteiger partial charge on any atom is -0.304 e. The molecule has 26 heavy (non-hydrogen) atoms. The highest BCUT2D eigenvalue weighted by atomic mass is 32.2. The van der Waals surface area contributed by atoms with Gasteiger partial charge in [0.2, 0.25) is 0 Å². The van der Waals surface area contributed by atoms with Gasteiger partial charge in [0.25, 0.3) is 10.0 Å². The molecule has 5 rings (SSSR count). The van der Waals surface area contributed by atoms with Gasteiger partial charge in [0.15, 0.2) is 0 Å². The van der Waals surface area contributed by atoms with Crippen molar-refractivity contribution in [2.45, 2.75) is 11.4 Å². The molecule has 0 spiro atoms. The number of aromatic nitrogens is 1. The van der Waals surface area contributed by atoms with E-state index in [-0.39, 0.29) is 0 Å². The van der Waals surface area contributed by atoms with Gasteiger partial charge in [-0.2, -0.15) is 0 Å². The number of hydrogen-bond acceptors (Lipinski definition) is 4. The van der Waals surface area contributed by atoms with Gasteiger partial charge in [-0.25, -0.2) is 12.4 Å². The molecule has 1 saturated heterocycles. The van der Waals surface area contributed by atoms with Gasteiger partial charge in [-0.05, 0) is 18.7 Å². The van der Waals surface area contributed by atoms with Crippen molar-refractivity contribution in [1.29, 1.82) is 0 Å². The predicted molar refractivity (Wildman–Crippen MR) is 103 cm³/mol. The fraction of sp³-hybridized carbons (Fsp3) is 0.300. The van der Waals surface area contributed by atoms with Crippen LogP contribution in [0.3, 0.4) is 0 Å². The summed E-state index contributed by atoms with van der Waals surface area (Å²) in [6, 6.07) is 13.4. The maximum Gasteiger partial charge on any atom is 0.268 e. The summed E-state index contributed by atoms with van der Waals surface area (Å²) in [6.45, 7) is 4.90. The van der Waals surface area contributed by atoms with Crippen LogP contribution in [0.1, 0.15) is 5.56 Å². The Bertz CT molecular complexity index is 1110. The quantitative estimate of drug-likeness (QED) is 0.546. The van der Waals surface area contributed by atoms with Crippen LogP contribution in [0.4, 0.5) is 0 Å². The number of fused-ring (bicyclic) bond motifs is 2. The lowest BCUT2D eigenvalue weighted by Crippen LogP contribution is -2.43. The first-order valence-electron chi connectivity index (χ1n) is 8.94. The molecule has 134 valence electrons. The Hall–Kier alpha value is -2.15. The van der Waals surface area contributed by atoms with E-state index < -0.39 is 10.0 Å². The van der Waals surface area contributed by atoms with E-state index in [4.69, 9.17) is 0 Å². The third-order valence-electron chi connectivity index (χ3n) is 5.58. The molecule has 3 heterocycles. The minimum atomic E-state index is -3.55. The van der Waals surface area contributed by atoms with Crippen molar-refractivity contribution in [2.24, 2.45) is 0 Å². The molecule has 0 N–H and O–H groups in total. The maximum absolute atomic E-state index is 13.2. The van der Waals surface area contributed by atoms with Crippen molar-refractivity contribution < 1.29 is 8.42 Å². The summed E-state index contributed by atoms with van der Waals surface area (Å²) in [5.74, 6) is 0. The molecular formula is C20H21N3O2S. The Labute approximate surface area is 153 Å². The zero-order valence-electron chi connectivity index (χ0n) is 14.7. The Morgan fingerprint density at radius 2 is 1.65 bits per heavy atom. The topological polar surface area (TPSA) is 45.5 Å². The predicted octanol–water partition coefficient (Wildman–Crippen LogP) is 2.61. The molecule has 6 heteroatoms. The van der Waals surface area contributed by atoms with Crippen LogP contribution in [-0.4, -0.2) is 55.4 Å². The molecule has 1 fully saturated rings. The number of hydrogen-bond donors (Lipinski definition) is 0. The summed E-state index contributed by atoms with van der Waals surface area (Å²) in [5.41, 5.74) is 3.70. The summed E-state index contributed by atoms with van der Waals surface area (Å²) in [5, 5.41) is 1.04. The van der Waals surface area contributed by atoms with Crippen LogP contribution in [0.2, 0.25) is 0 Å². The van der Waals surface area contributed by atoms with Crippen LogP contribution in [-0.2, 0) is 16.6 Å². The molecule has 1 aromatic heterocycles. The van der Waals surface area contributed by atoms with Crippen molar-refractivity contribution in [3.05, 3.63) is 54.2 Å². The van der Waals surface area contributed by atoms with Crippen molar-refractivity contribution in [3.8, 4) is 11.1 Å². The van der Waals surface area contributed by atoms with E-state index >= 15 is 0 Å². The molecule has 0 radical (unpaired) electrons. The number of para-hydroxylation sites is 1. The van der Waals surface area contributed by atoms with Gasteiger partial charge in [0, 0.05) is 55.4 Å². The van der Waals surface area contributed by atoms with Crippen LogP contribution in [0.5, 0.6) is 0 Å². The number of benzene rings is 2. The summed E-state index contributed by atoms with van der Waals surface area (Å²) in [4.78, 5) is 5.12. The highest BCUT2D eigenvalue weighted by molar-refractivity contribution is 7.90. The zero-order valence-corrected chi connectivity index (χ0v) is 15.5. The SMILES string of the molecule is CN1CCN(Cc2cn3c4c(cccc24)-c2ccccc2S3(=O)=O)CC1. The van der Waals surface area contributed by atoms with Crippen LogP contribution >= 0.6 is 0 Å². The number of piperazine rings is 1. The first-order valence-corrected chi connectivity index (χ1v) is 10.4. The standard InChI is InChI=1S/C20H21N3O2S/c1-21-9-11-22(12-10-21)13-15-14-23-20-16(15)6-4-7-18(20)17-5-2-3-8-19(17)26(23,24)25/h2-8,14H,9-13H2,1H3. The van der Waals surface area contributed by atoms with Crippen molar-refractivity contribution in [3.63, 3.8) is 0 Å². The van der Waals surface area contributed by atoms with Crippen LogP contribution in [0.15, 0.2) is 53.6 Å². The maximum atomic E-state index is 13.2. The van der Waals surface area contributed by atoms with Gasteiger partial charge in [-0.3, -0.25) is 4.90 Å². The van der Waals surface area contributed by atoms with E-state index in [2.05, 4.69) is 16.8 Å². The smallest absolute Gasteiger partial charge is 0.268 e. The highest BCUT2D eigenvalue weighted by Crippen LogP contribution is 2.41. The second-order valence-electron chi connectivity index (χ2n) is 7.23. The molecule has 0 bridgehead atoms. The third-order valence-corrected chi connectivity index (χ3v) is 7.30. The molecule has 0 amide bonds. The second-order valence-corrected chi connectivity index (χ2v) is 9.02. The Morgan fingerprint density at radius 1 is 0.923 bits per heavy atom. The van der Waals surface area contributed by atoms with Gasteiger partial charge in [0.05, 0.1) is 10.4 Å². The molecule has 2 aromatic carbocycles. The summed E-state index contributed by atoms with van der Waals surface area (Å²) >= 11 is 0. The average Bonchev–Trinajstić information content (AvgIpc) is 3.02. The van der Waals surface area contributed by atoms with Crippen LogP contribution in [0, 0.1) is 0 Å². The van der Waals surface area contributed by atoms with Gasteiger partial charge in [-0.1, -0.05) is 36.4 Å². The lowest BCUT2D eigenvalue weighted by molar-refractivity contribution is 0.148. The first-order chi connectivity index (χ1) is 12.6. The largest absolute Gasteiger partial charge is 0.304 e. The Balaban J connectivity index is 1.68. The molecule has 0 unspecified atom stereocenters. The van der Waals surface area contributed by atoms with E-state index in [0.717, 1.165) is 60.3 Å². The lowest BCUT2D eigenvalue weighted by atomic mass is 10.0.